The molecule has 0 aliphatic carbocycles. The number of anilines is 1. The van der Waals surface area contributed by atoms with Gasteiger partial charge in [-0.1, -0.05) is 44.2 Å². The number of fused-ring (bicyclic) bond motifs is 2. The Morgan fingerprint density at radius 2 is 1.78 bits per heavy atom. The molecule has 2 heterocycles. The lowest BCUT2D eigenvalue weighted by Crippen LogP contribution is -2.41. The zero-order chi connectivity index (χ0) is 26.7. The van der Waals surface area contributed by atoms with Crippen LogP contribution in [0.25, 0.3) is 12.2 Å². The highest BCUT2D eigenvalue weighted by atomic mass is 16.5. The highest BCUT2D eigenvalue weighted by Crippen LogP contribution is 2.31. The zero-order valence-electron chi connectivity index (χ0n) is 21.1. The standard InChI is InChI=1S/C28H31N3O6/c1-28(2,15-25(33)34)14-24(32)29-19-13-23-26(35)30-22-11-8-18(12-21(22)27(36)31(23)16-19)5-4-17-6-9-20(37-3)10-7-17/h4-12,19,23H,13-16H2,1-3H3,(H,29,32)(H,30,35)(H,33,34)/t19-,23-/m1/s1. The first kappa shape index (κ1) is 25.9. The first-order valence-corrected chi connectivity index (χ1v) is 12.1. The molecule has 0 unspecified atom stereocenters. The predicted molar refractivity (Wildman–Crippen MR) is 139 cm³/mol. The largest absolute Gasteiger partial charge is 0.497 e. The molecule has 1 fully saturated rings. The van der Waals surface area contributed by atoms with E-state index in [0.29, 0.717) is 17.7 Å². The molecule has 2 aromatic carbocycles. The van der Waals surface area contributed by atoms with Crippen LogP contribution in [0.4, 0.5) is 5.69 Å². The summed E-state index contributed by atoms with van der Waals surface area (Å²) in [5.41, 5.74) is 1.92. The van der Waals surface area contributed by atoms with E-state index in [1.54, 1.807) is 33.1 Å². The SMILES string of the molecule is COc1ccc(C=Cc2ccc3c(c2)C(=O)N2C[C@H](NC(=O)CC(C)(C)CC(=O)O)C[C@@H]2C(=O)N3)cc1. The summed E-state index contributed by atoms with van der Waals surface area (Å²) in [5, 5.41) is 14.8. The molecule has 1 saturated heterocycles. The van der Waals surface area contributed by atoms with Gasteiger partial charge in [0, 0.05) is 19.0 Å². The van der Waals surface area contributed by atoms with E-state index in [4.69, 9.17) is 9.84 Å². The van der Waals surface area contributed by atoms with E-state index in [1.165, 1.54) is 4.90 Å². The van der Waals surface area contributed by atoms with E-state index >= 15 is 0 Å². The van der Waals surface area contributed by atoms with Crippen molar-refractivity contribution >= 4 is 41.5 Å². The second kappa shape index (κ2) is 10.5. The zero-order valence-corrected chi connectivity index (χ0v) is 21.1. The van der Waals surface area contributed by atoms with E-state index in [9.17, 15) is 19.2 Å². The molecule has 2 aromatic rings. The lowest BCUT2D eigenvalue weighted by atomic mass is 9.85. The number of ether oxygens (including phenoxy) is 1. The normalized spacial score (nSPS) is 19.2. The van der Waals surface area contributed by atoms with Crippen LogP contribution in [-0.2, 0) is 14.4 Å². The average Bonchev–Trinajstić information content (AvgIpc) is 3.22. The average molecular weight is 506 g/mol. The molecule has 2 aliphatic rings. The van der Waals surface area contributed by atoms with Gasteiger partial charge in [-0.05, 0) is 47.2 Å². The summed E-state index contributed by atoms with van der Waals surface area (Å²) < 4.78 is 5.18. The van der Waals surface area contributed by atoms with Crippen molar-refractivity contribution in [1.82, 2.24) is 10.2 Å². The van der Waals surface area contributed by atoms with Crippen molar-refractivity contribution in [2.75, 3.05) is 19.0 Å². The number of carboxylic acids is 1. The van der Waals surface area contributed by atoms with Crippen LogP contribution < -0.4 is 15.4 Å². The van der Waals surface area contributed by atoms with Crippen molar-refractivity contribution < 1.29 is 29.0 Å². The summed E-state index contributed by atoms with van der Waals surface area (Å²) in [6.45, 7) is 3.64. The van der Waals surface area contributed by atoms with E-state index in [-0.39, 0.29) is 37.1 Å². The van der Waals surface area contributed by atoms with Gasteiger partial charge in [0.05, 0.1) is 24.8 Å². The van der Waals surface area contributed by atoms with Crippen molar-refractivity contribution in [1.29, 1.82) is 0 Å². The van der Waals surface area contributed by atoms with Crippen LogP contribution >= 0.6 is 0 Å². The van der Waals surface area contributed by atoms with Gasteiger partial charge in [-0.15, -0.1) is 0 Å². The second-order valence-corrected chi connectivity index (χ2v) is 10.3. The number of carbonyl (C=O) groups is 4. The summed E-state index contributed by atoms with van der Waals surface area (Å²) in [6, 6.07) is 11.8. The molecular weight excluding hydrogens is 474 g/mol. The summed E-state index contributed by atoms with van der Waals surface area (Å²) in [4.78, 5) is 51.5. The van der Waals surface area contributed by atoms with Gasteiger partial charge in [-0.3, -0.25) is 19.2 Å². The third-order valence-corrected chi connectivity index (χ3v) is 6.61. The molecule has 2 atom stereocenters. The number of rotatable bonds is 8. The maximum atomic E-state index is 13.5. The van der Waals surface area contributed by atoms with E-state index < -0.39 is 23.5 Å². The van der Waals surface area contributed by atoms with Gasteiger partial charge in [0.25, 0.3) is 5.91 Å². The molecule has 4 rings (SSSR count). The Morgan fingerprint density at radius 3 is 2.46 bits per heavy atom. The lowest BCUT2D eigenvalue weighted by Gasteiger charge is -2.23. The highest BCUT2D eigenvalue weighted by molar-refractivity contribution is 6.10. The van der Waals surface area contributed by atoms with Gasteiger partial charge >= 0.3 is 5.97 Å². The first-order valence-electron chi connectivity index (χ1n) is 12.1. The number of carboxylic acid groups (broad SMARTS) is 1. The van der Waals surface area contributed by atoms with E-state index in [0.717, 1.165) is 16.9 Å². The number of nitrogens with one attached hydrogen (secondary N) is 2. The molecule has 9 heteroatoms. The number of amides is 3. The van der Waals surface area contributed by atoms with E-state index in [1.807, 2.05) is 42.5 Å². The number of hydrogen-bond acceptors (Lipinski definition) is 5. The Hall–Kier alpha value is -4.14. The van der Waals surface area contributed by atoms with Crippen molar-refractivity contribution in [3.05, 3.63) is 59.2 Å². The molecule has 0 aromatic heterocycles. The molecule has 37 heavy (non-hydrogen) atoms. The van der Waals surface area contributed by atoms with Gasteiger partial charge in [0.15, 0.2) is 0 Å². The molecule has 0 radical (unpaired) electrons. The number of nitrogens with zero attached hydrogens (tertiary/aromatic N) is 1. The molecule has 0 spiro atoms. The summed E-state index contributed by atoms with van der Waals surface area (Å²) in [5.74, 6) is -1.07. The monoisotopic (exact) mass is 505 g/mol. The van der Waals surface area contributed by atoms with Crippen LogP contribution in [0.3, 0.4) is 0 Å². The van der Waals surface area contributed by atoms with Crippen molar-refractivity contribution in [3.8, 4) is 5.75 Å². The van der Waals surface area contributed by atoms with Crippen LogP contribution in [0.2, 0.25) is 0 Å². The third-order valence-electron chi connectivity index (χ3n) is 6.61. The van der Waals surface area contributed by atoms with Gasteiger partial charge in [0.1, 0.15) is 11.8 Å². The lowest BCUT2D eigenvalue weighted by molar-refractivity contribution is -0.139. The smallest absolute Gasteiger partial charge is 0.303 e. The van der Waals surface area contributed by atoms with Crippen LogP contribution in [0.15, 0.2) is 42.5 Å². The third kappa shape index (κ3) is 6.17. The Labute approximate surface area is 215 Å². The molecule has 194 valence electrons. The number of benzene rings is 2. The Bertz CT molecular complexity index is 1250. The molecule has 9 nitrogen and oxygen atoms in total. The van der Waals surface area contributed by atoms with Gasteiger partial charge in [-0.25, -0.2) is 0 Å². The summed E-state index contributed by atoms with van der Waals surface area (Å²) >= 11 is 0. The first-order chi connectivity index (χ1) is 17.5. The van der Waals surface area contributed by atoms with Crippen LogP contribution in [0, 0.1) is 5.41 Å². The van der Waals surface area contributed by atoms with Gasteiger partial charge in [0.2, 0.25) is 11.8 Å². The Morgan fingerprint density at radius 1 is 1.11 bits per heavy atom. The fraction of sp³-hybridized carbons (Fsp3) is 0.357. The number of hydrogen-bond donors (Lipinski definition) is 3. The predicted octanol–water partition coefficient (Wildman–Crippen LogP) is 3.41. The van der Waals surface area contributed by atoms with Crippen molar-refractivity contribution in [2.45, 2.75) is 45.2 Å². The minimum Gasteiger partial charge on any atom is -0.497 e. The number of aliphatic carboxylic acids is 1. The minimum atomic E-state index is -0.966. The summed E-state index contributed by atoms with van der Waals surface area (Å²) in [6.07, 6.45) is 4.02. The number of carbonyl (C=O) groups excluding carboxylic acids is 3. The van der Waals surface area contributed by atoms with E-state index in [2.05, 4.69) is 10.6 Å². The van der Waals surface area contributed by atoms with Gasteiger partial charge < -0.3 is 25.4 Å². The molecule has 0 saturated carbocycles. The number of methoxy groups -OCH3 is 1. The van der Waals surface area contributed by atoms with Crippen LogP contribution in [-0.4, -0.2) is 59.4 Å². The van der Waals surface area contributed by atoms with Gasteiger partial charge in [-0.2, -0.15) is 0 Å². The Balaban J connectivity index is 1.47. The quantitative estimate of drug-likeness (QED) is 0.472. The fourth-order valence-corrected chi connectivity index (χ4v) is 4.83. The molecular formula is C28H31N3O6. The minimum absolute atomic E-state index is 0.0351. The molecule has 3 amide bonds. The van der Waals surface area contributed by atoms with Crippen LogP contribution in [0.1, 0.15) is 54.6 Å². The molecule has 3 N–H and O–H groups in total. The molecule has 2 aliphatic heterocycles. The van der Waals surface area contributed by atoms with Crippen LogP contribution in [0.5, 0.6) is 5.75 Å². The maximum Gasteiger partial charge on any atom is 0.303 e. The van der Waals surface area contributed by atoms with Crippen molar-refractivity contribution in [3.63, 3.8) is 0 Å². The fourth-order valence-electron chi connectivity index (χ4n) is 4.83. The maximum absolute atomic E-state index is 13.5. The molecule has 0 bridgehead atoms. The summed E-state index contributed by atoms with van der Waals surface area (Å²) in [7, 11) is 1.61. The second-order valence-electron chi connectivity index (χ2n) is 10.3. The topological polar surface area (TPSA) is 125 Å². The Kier molecular flexibility index (Phi) is 7.33. The van der Waals surface area contributed by atoms with Crippen molar-refractivity contribution in [2.24, 2.45) is 5.41 Å². The highest BCUT2D eigenvalue weighted by Gasteiger charge is 2.43.